The van der Waals surface area contributed by atoms with E-state index in [9.17, 15) is 27.6 Å². The monoisotopic (exact) mass is 600 g/mol. The SMILES string of the molecule is CC1(C)C[C@@H]2C[C@](C)(CN2S(=O)(=O)c2cccc(C(=O)OCC(=O)Nc3cccc4c3C(=O)c3ccccc3C4=O)c2)C1. The highest BCUT2D eigenvalue weighted by atomic mass is 32.2. The lowest BCUT2D eigenvalue weighted by Crippen LogP contribution is -2.37. The van der Waals surface area contributed by atoms with Gasteiger partial charge in [0.2, 0.25) is 10.0 Å². The zero-order valence-corrected chi connectivity index (χ0v) is 25.0. The Bertz CT molecular complexity index is 1810. The van der Waals surface area contributed by atoms with Crippen LogP contribution in [0.4, 0.5) is 5.69 Å². The van der Waals surface area contributed by atoms with Gasteiger partial charge in [-0.1, -0.05) is 63.2 Å². The van der Waals surface area contributed by atoms with Gasteiger partial charge < -0.3 is 10.1 Å². The first-order valence-corrected chi connectivity index (χ1v) is 15.6. The second-order valence-electron chi connectivity index (χ2n) is 12.8. The normalized spacial score (nSPS) is 22.4. The van der Waals surface area contributed by atoms with Crippen molar-refractivity contribution in [1.82, 2.24) is 4.31 Å². The molecule has 3 aliphatic rings. The highest BCUT2D eigenvalue weighted by molar-refractivity contribution is 7.89. The standard InChI is InChI=1S/C33H32N2O7S/c1-32(2)15-21-16-33(3,18-32)19-35(21)43(40,41)22-9-6-8-20(14-22)31(39)42-17-27(36)34-26-13-7-12-25-28(26)30(38)24-11-5-4-10-23(24)29(25)37/h4-14,21H,15-19H2,1-3H3,(H,34,36)/t21-,33+/m1/s1. The summed E-state index contributed by atoms with van der Waals surface area (Å²) in [6.45, 7) is 6.22. The minimum atomic E-state index is -3.86. The van der Waals surface area contributed by atoms with E-state index in [1.807, 2.05) is 0 Å². The summed E-state index contributed by atoms with van der Waals surface area (Å²) in [6, 6.07) is 16.6. The summed E-state index contributed by atoms with van der Waals surface area (Å²) in [6.07, 6.45) is 2.53. The summed E-state index contributed by atoms with van der Waals surface area (Å²) >= 11 is 0. The molecule has 1 heterocycles. The highest BCUT2D eigenvalue weighted by Crippen LogP contribution is 2.53. The van der Waals surface area contributed by atoms with E-state index in [-0.39, 0.29) is 55.5 Å². The van der Waals surface area contributed by atoms with Crippen molar-refractivity contribution in [3.8, 4) is 0 Å². The third-order valence-electron chi connectivity index (χ3n) is 8.60. The fraction of sp³-hybridized carbons (Fsp3) is 0.333. The van der Waals surface area contributed by atoms with E-state index in [4.69, 9.17) is 4.74 Å². The Kier molecular flexibility index (Phi) is 6.89. The van der Waals surface area contributed by atoms with Crippen LogP contribution in [0.15, 0.2) is 71.6 Å². The zero-order valence-electron chi connectivity index (χ0n) is 24.2. The predicted octanol–water partition coefficient (Wildman–Crippen LogP) is 4.85. The molecule has 10 heteroatoms. The largest absolute Gasteiger partial charge is 0.452 e. The van der Waals surface area contributed by atoms with Crippen molar-refractivity contribution >= 4 is 39.2 Å². The second kappa shape index (κ2) is 10.2. The van der Waals surface area contributed by atoms with Crippen LogP contribution in [0.3, 0.4) is 0 Å². The summed E-state index contributed by atoms with van der Waals surface area (Å²) in [5, 5.41) is 2.57. The van der Waals surface area contributed by atoms with Crippen molar-refractivity contribution in [3.63, 3.8) is 0 Å². The van der Waals surface area contributed by atoms with Crippen LogP contribution in [0.1, 0.15) is 82.2 Å². The molecule has 43 heavy (non-hydrogen) atoms. The van der Waals surface area contributed by atoms with E-state index in [0.717, 1.165) is 19.3 Å². The van der Waals surface area contributed by atoms with Crippen molar-refractivity contribution in [2.75, 3.05) is 18.5 Å². The first kappa shape index (κ1) is 28.9. The van der Waals surface area contributed by atoms with Crippen LogP contribution >= 0.6 is 0 Å². The zero-order chi connectivity index (χ0) is 30.7. The molecule has 222 valence electrons. The molecule has 9 nitrogen and oxygen atoms in total. The molecule has 1 saturated carbocycles. The molecule has 6 rings (SSSR count). The maximum atomic E-state index is 13.7. The number of carbonyl (C=O) groups is 4. The molecule has 0 spiro atoms. The van der Waals surface area contributed by atoms with Gasteiger partial charge in [-0.15, -0.1) is 0 Å². The molecule has 2 aliphatic carbocycles. The lowest BCUT2D eigenvalue weighted by Gasteiger charge is -2.39. The molecule has 0 unspecified atom stereocenters. The fourth-order valence-electron chi connectivity index (χ4n) is 7.26. The molecule has 2 atom stereocenters. The number of nitrogens with zero attached hydrogens (tertiary/aromatic N) is 1. The van der Waals surface area contributed by atoms with Crippen LogP contribution in [0.2, 0.25) is 0 Å². The molecule has 1 amide bonds. The summed E-state index contributed by atoms with van der Waals surface area (Å²) in [5.41, 5.74) is 0.877. The topological polar surface area (TPSA) is 127 Å². The van der Waals surface area contributed by atoms with Crippen molar-refractivity contribution in [2.24, 2.45) is 10.8 Å². The minimum Gasteiger partial charge on any atom is -0.452 e. The number of sulfonamides is 1. The van der Waals surface area contributed by atoms with Gasteiger partial charge in [-0.05, 0) is 54.4 Å². The molecule has 1 aliphatic heterocycles. The maximum absolute atomic E-state index is 13.7. The third kappa shape index (κ3) is 5.19. The molecule has 3 aromatic carbocycles. The Morgan fingerprint density at radius 1 is 0.907 bits per heavy atom. The van der Waals surface area contributed by atoms with E-state index >= 15 is 0 Å². The number of rotatable bonds is 6. The number of hydrogen-bond acceptors (Lipinski definition) is 7. The number of amides is 1. The average molecular weight is 601 g/mol. The number of carbonyl (C=O) groups excluding carboxylic acids is 4. The molecule has 2 fully saturated rings. The number of ketones is 2. The van der Waals surface area contributed by atoms with Gasteiger partial charge in [0.05, 0.1) is 21.7 Å². The second-order valence-corrected chi connectivity index (χ2v) is 14.7. The number of nitrogens with one attached hydrogen (secondary N) is 1. The first-order chi connectivity index (χ1) is 20.3. The van der Waals surface area contributed by atoms with E-state index in [1.54, 1.807) is 34.6 Å². The number of benzene rings is 3. The molecule has 0 aromatic heterocycles. The smallest absolute Gasteiger partial charge is 0.338 e. The Labute approximate surface area is 250 Å². The van der Waals surface area contributed by atoms with Crippen LogP contribution in [-0.4, -0.2) is 55.4 Å². The molecule has 1 saturated heterocycles. The van der Waals surface area contributed by atoms with E-state index in [1.165, 1.54) is 36.4 Å². The predicted molar refractivity (Wildman–Crippen MR) is 159 cm³/mol. The van der Waals surface area contributed by atoms with Crippen LogP contribution in [-0.2, 0) is 19.6 Å². The molecule has 1 N–H and O–H groups in total. The van der Waals surface area contributed by atoms with Gasteiger partial charge in [0.25, 0.3) is 5.91 Å². The minimum absolute atomic E-state index is 0.000248. The number of esters is 1. The summed E-state index contributed by atoms with van der Waals surface area (Å²) in [7, 11) is -3.86. The lowest BCUT2D eigenvalue weighted by molar-refractivity contribution is -0.119. The maximum Gasteiger partial charge on any atom is 0.338 e. The Morgan fingerprint density at radius 2 is 1.58 bits per heavy atom. The summed E-state index contributed by atoms with van der Waals surface area (Å²) in [4.78, 5) is 51.8. The van der Waals surface area contributed by atoms with Crippen LogP contribution in [0, 0.1) is 10.8 Å². The number of ether oxygens (including phenoxy) is 1. The fourth-order valence-corrected chi connectivity index (χ4v) is 9.08. The van der Waals surface area contributed by atoms with Crippen LogP contribution < -0.4 is 5.32 Å². The van der Waals surface area contributed by atoms with Gasteiger partial charge >= 0.3 is 5.97 Å². The van der Waals surface area contributed by atoms with E-state index in [2.05, 4.69) is 26.1 Å². The molecule has 2 bridgehead atoms. The quantitative estimate of drug-likeness (QED) is 0.314. The van der Waals surface area contributed by atoms with Gasteiger partial charge in [0.15, 0.2) is 18.2 Å². The molecular formula is C33H32N2O7S. The Balaban J connectivity index is 1.14. The van der Waals surface area contributed by atoms with Gasteiger partial charge in [-0.25, -0.2) is 13.2 Å². The third-order valence-corrected chi connectivity index (χ3v) is 10.5. The summed E-state index contributed by atoms with van der Waals surface area (Å²) in [5.74, 6) is -2.30. The van der Waals surface area contributed by atoms with Gasteiger partial charge in [0, 0.05) is 29.3 Å². The summed E-state index contributed by atoms with van der Waals surface area (Å²) < 4.78 is 34.1. The molecular weight excluding hydrogens is 568 g/mol. The highest BCUT2D eigenvalue weighted by Gasteiger charge is 2.53. The Morgan fingerprint density at radius 3 is 2.33 bits per heavy atom. The van der Waals surface area contributed by atoms with E-state index < -0.39 is 34.3 Å². The van der Waals surface area contributed by atoms with Crippen LogP contribution in [0.5, 0.6) is 0 Å². The first-order valence-electron chi connectivity index (χ1n) is 14.2. The van der Waals surface area contributed by atoms with Gasteiger partial charge in [-0.3, -0.25) is 14.4 Å². The van der Waals surface area contributed by atoms with Gasteiger partial charge in [-0.2, -0.15) is 4.31 Å². The Hall–Kier alpha value is -4.15. The van der Waals surface area contributed by atoms with Gasteiger partial charge in [0.1, 0.15) is 0 Å². The number of anilines is 1. The lowest BCUT2D eigenvalue weighted by atomic mass is 9.65. The van der Waals surface area contributed by atoms with Crippen molar-refractivity contribution in [1.29, 1.82) is 0 Å². The number of fused-ring (bicyclic) bond motifs is 4. The van der Waals surface area contributed by atoms with Crippen molar-refractivity contribution in [2.45, 2.75) is 51.0 Å². The van der Waals surface area contributed by atoms with Crippen molar-refractivity contribution in [3.05, 3.63) is 94.5 Å². The average Bonchev–Trinajstić information content (AvgIpc) is 3.23. The van der Waals surface area contributed by atoms with E-state index in [0.29, 0.717) is 12.1 Å². The molecule has 0 radical (unpaired) electrons. The van der Waals surface area contributed by atoms with Crippen LogP contribution in [0.25, 0.3) is 0 Å². The molecule has 3 aromatic rings. The number of hydrogen-bond donors (Lipinski definition) is 1. The van der Waals surface area contributed by atoms with Crippen molar-refractivity contribution < 1.29 is 32.3 Å².